The van der Waals surface area contributed by atoms with Crippen LogP contribution in [0.5, 0.6) is 28.7 Å². The molecule has 2 atom stereocenters. The maximum absolute atomic E-state index is 13.9. The van der Waals surface area contributed by atoms with Crippen molar-refractivity contribution in [3.05, 3.63) is 69.4 Å². The van der Waals surface area contributed by atoms with Crippen molar-refractivity contribution in [3.8, 4) is 39.9 Å². The van der Waals surface area contributed by atoms with Gasteiger partial charge in [-0.3, -0.25) is 14.4 Å². The van der Waals surface area contributed by atoms with Gasteiger partial charge in [-0.2, -0.15) is 0 Å². The lowest BCUT2D eigenvalue weighted by Gasteiger charge is -2.21. The summed E-state index contributed by atoms with van der Waals surface area (Å²) in [5.74, 6) is 2.43. The van der Waals surface area contributed by atoms with Crippen LogP contribution in [0.25, 0.3) is 11.1 Å². The van der Waals surface area contributed by atoms with Crippen LogP contribution >= 0.6 is 0 Å². The molecule has 3 N–H and O–H groups in total. The van der Waals surface area contributed by atoms with Crippen molar-refractivity contribution in [2.45, 2.75) is 58.5 Å². The Morgan fingerprint density at radius 2 is 1.56 bits per heavy atom. The van der Waals surface area contributed by atoms with Crippen LogP contribution in [0.2, 0.25) is 0 Å². The van der Waals surface area contributed by atoms with E-state index in [9.17, 15) is 14.4 Å². The van der Waals surface area contributed by atoms with Gasteiger partial charge in [0.1, 0.15) is 6.04 Å². The number of fused-ring (bicyclic) bond motifs is 3. The van der Waals surface area contributed by atoms with Crippen LogP contribution < -0.4 is 45.1 Å². The molecule has 0 heterocycles. The number of amides is 2. The third-order valence-electron chi connectivity index (χ3n) is 8.43. The maximum Gasteiger partial charge on any atom is 0.242 e. The quantitative estimate of drug-likeness (QED) is 0.217. The second kappa shape index (κ2) is 16.3. The highest BCUT2D eigenvalue weighted by Gasteiger charge is 2.30. The Bertz CT molecular complexity index is 1690. The van der Waals surface area contributed by atoms with Crippen LogP contribution in [-0.2, 0) is 22.4 Å². The number of nitrogens with one attached hydrogen (secondary N) is 3. The number of anilines is 1. The molecule has 1 aliphatic carbocycles. The number of rotatable bonds is 14. The molecule has 11 heteroatoms. The normalized spacial score (nSPS) is 14.1. The summed E-state index contributed by atoms with van der Waals surface area (Å²) in [7, 11) is 7.84. The molecule has 3 aromatic rings. The van der Waals surface area contributed by atoms with Gasteiger partial charge in [0.15, 0.2) is 23.0 Å². The van der Waals surface area contributed by atoms with Crippen molar-refractivity contribution in [2.24, 2.45) is 5.92 Å². The van der Waals surface area contributed by atoms with Gasteiger partial charge in [0.2, 0.25) is 23.0 Å². The number of carbonyl (C=O) groups is 2. The lowest BCUT2D eigenvalue weighted by atomic mass is 9.95. The van der Waals surface area contributed by atoms with Crippen LogP contribution in [0.1, 0.15) is 56.3 Å². The summed E-state index contributed by atoms with van der Waals surface area (Å²) in [6.07, 6.45) is 2.22. The first-order valence-corrected chi connectivity index (χ1v) is 16.1. The first-order chi connectivity index (χ1) is 23.0. The lowest BCUT2D eigenvalue weighted by Crippen LogP contribution is -2.42. The zero-order valence-corrected chi connectivity index (χ0v) is 29.1. The highest BCUT2D eigenvalue weighted by Crippen LogP contribution is 2.50. The van der Waals surface area contributed by atoms with Gasteiger partial charge in [-0.25, -0.2) is 0 Å². The molecule has 0 bridgehead atoms. The van der Waals surface area contributed by atoms with Gasteiger partial charge in [0.25, 0.3) is 0 Å². The van der Waals surface area contributed by atoms with E-state index in [2.05, 4.69) is 16.0 Å². The van der Waals surface area contributed by atoms with Gasteiger partial charge in [0, 0.05) is 19.0 Å². The molecular weight excluding hydrogens is 614 g/mol. The highest BCUT2D eigenvalue weighted by molar-refractivity contribution is 5.86. The number of methoxy groups -OCH3 is 5. The Balaban J connectivity index is 1.70. The molecule has 0 aromatic heterocycles. The van der Waals surface area contributed by atoms with Gasteiger partial charge in [-0.15, -0.1) is 0 Å². The summed E-state index contributed by atoms with van der Waals surface area (Å²) in [4.78, 5) is 39.7. The second-order valence-corrected chi connectivity index (χ2v) is 12.2. The molecule has 11 nitrogen and oxygen atoms in total. The molecule has 0 radical (unpaired) electrons. The molecule has 0 spiro atoms. The minimum Gasteiger partial charge on any atom is -0.493 e. The van der Waals surface area contributed by atoms with Gasteiger partial charge < -0.3 is 39.6 Å². The predicted molar refractivity (Wildman–Crippen MR) is 186 cm³/mol. The number of benzene rings is 2. The number of aryl methyl sites for hydroxylation is 1. The van der Waals surface area contributed by atoms with Crippen LogP contribution in [0.3, 0.4) is 0 Å². The van der Waals surface area contributed by atoms with Crippen molar-refractivity contribution < 1.29 is 33.3 Å². The Labute approximate surface area is 282 Å². The zero-order chi connectivity index (χ0) is 35.0. The van der Waals surface area contributed by atoms with Crippen LogP contribution in [0.4, 0.5) is 5.69 Å². The predicted octanol–water partition coefficient (Wildman–Crippen LogP) is 5.07. The average Bonchev–Trinajstić information content (AvgIpc) is 3.31. The molecule has 0 saturated heterocycles. The van der Waals surface area contributed by atoms with E-state index >= 15 is 0 Å². The summed E-state index contributed by atoms with van der Waals surface area (Å²) in [6.45, 7) is 5.91. The van der Waals surface area contributed by atoms with Crippen molar-refractivity contribution >= 4 is 17.5 Å². The SMILES string of the molecule is COc1ccc(CCNC(=O)[C@@H](CC(C)C)Nc2ccc3c(cc2=O)[C@H](NC(C)=O)CCc2cc(OC)c(OC)c(OC)c2-3)cc1OC. The van der Waals surface area contributed by atoms with E-state index in [1.54, 1.807) is 47.7 Å². The number of hydrogen-bond acceptors (Lipinski definition) is 9. The minimum absolute atomic E-state index is 0.172. The topological polar surface area (TPSA) is 133 Å². The third kappa shape index (κ3) is 8.13. The molecule has 258 valence electrons. The van der Waals surface area contributed by atoms with Gasteiger partial charge in [-0.05, 0) is 84.2 Å². The third-order valence-corrected chi connectivity index (χ3v) is 8.43. The van der Waals surface area contributed by atoms with Crippen molar-refractivity contribution in [1.29, 1.82) is 0 Å². The first-order valence-electron chi connectivity index (χ1n) is 16.1. The lowest BCUT2D eigenvalue weighted by molar-refractivity contribution is -0.122. The van der Waals surface area contributed by atoms with Crippen LogP contribution in [-0.4, -0.2) is 59.9 Å². The van der Waals surface area contributed by atoms with Crippen molar-refractivity contribution in [1.82, 2.24) is 10.6 Å². The smallest absolute Gasteiger partial charge is 0.242 e. The number of hydrogen-bond donors (Lipinski definition) is 3. The largest absolute Gasteiger partial charge is 0.493 e. The summed E-state index contributed by atoms with van der Waals surface area (Å²) >= 11 is 0. The first kappa shape index (κ1) is 35.9. The molecule has 3 aromatic carbocycles. The minimum atomic E-state index is -0.664. The van der Waals surface area contributed by atoms with E-state index in [4.69, 9.17) is 23.7 Å². The summed E-state index contributed by atoms with van der Waals surface area (Å²) < 4.78 is 27.9. The Kier molecular flexibility index (Phi) is 12.2. The molecule has 0 fully saturated rings. The number of ether oxygens (including phenoxy) is 5. The van der Waals surface area contributed by atoms with Gasteiger partial charge >= 0.3 is 0 Å². The van der Waals surface area contributed by atoms with Gasteiger partial charge in [-0.1, -0.05) is 26.0 Å². The Morgan fingerprint density at radius 3 is 2.19 bits per heavy atom. The molecular formula is C37H47N3O8. The monoisotopic (exact) mass is 661 g/mol. The van der Waals surface area contributed by atoms with E-state index in [-0.39, 0.29) is 28.8 Å². The Morgan fingerprint density at radius 1 is 0.854 bits per heavy atom. The fraction of sp³-hybridized carbons (Fsp3) is 0.432. The van der Waals surface area contributed by atoms with E-state index in [0.717, 1.165) is 16.7 Å². The van der Waals surface area contributed by atoms with Crippen LogP contribution in [0.15, 0.2) is 47.3 Å². The second-order valence-electron chi connectivity index (χ2n) is 12.2. The van der Waals surface area contributed by atoms with E-state index in [0.29, 0.717) is 72.1 Å². The summed E-state index contributed by atoms with van der Waals surface area (Å²) in [6, 6.07) is 11.5. The maximum atomic E-state index is 13.9. The standard InChI is InChI=1S/C37H47N3O8/c1-21(2)17-29(37(43)38-16-15-23-9-14-31(44-4)32(18-23)45-5)40-28-13-11-25-26(20-30(28)42)27(39-22(3)41)12-10-24-19-33(46-6)35(47-7)36(48-8)34(24)25/h9,11,13-14,18-21,27,29H,10,12,15-17H2,1-8H3,(H,38,43)(H,39,41)(H,40,42)/t27-,29-/m1/s1. The average molecular weight is 662 g/mol. The highest BCUT2D eigenvalue weighted by atomic mass is 16.5. The van der Waals surface area contributed by atoms with Crippen molar-refractivity contribution in [2.75, 3.05) is 47.4 Å². The summed E-state index contributed by atoms with van der Waals surface area (Å²) in [5.41, 5.74) is 3.99. The van der Waals surface area contributed by atoms with Gasteiger partial charge in [0.05, 0.1) is 47.3 Å². The van der Waals surface area contributed by atoms with Crippen molar-refractivity contribution in [3.63, 3.8) is 0 Å². The molecule has 0 saturated carbocycles. The van der Waals surface area contributed by atoms with Crippen LogP contribution in [0, 0.1) is 5.92 Å². The molecule has 1 aliphatic rings. The zero-order valence-electron chi connectivity index (χ0n) is 29.1. The molecule has 48 heavy (non-hydrogen) atoms. The van der Waals surface area contributed by atoms with E-state index in [1.807, 2.05) is 44.2 Å². The molecule has 0 unspecified atom stereocenters. The molecule has 4 rings (SSSR count). The summed E-state index contributed by atoms with van der Waals surface area (Å²) in [5, 5.41) is 9.29. The Hall–Kier alpha value is -4.93. The molecule has 2 amide bonds. The van der Waals surface area contributed by atoms with E-state index in [1.165, 1.54) is 6.92 Å². The molecule has 0 aliphatic heterocycles. The van der Waals surface area contributed by atoms with E-state index < -0.39 is 12.1 Å². The number of carbonyl (C=O) groups excluding carboxylic acids is 2. The fourth-order valence-corrected chi connectivity index (χ4v) is 6.21. The fourth-order valence-electron chi connectivity index (χ4n) is 6.21.